The summed E-state index contributed by atoms with van der Waals surface area (Å²) in [6, 6.07) is 15.5. The highest BCUT2D eigenvalue weighted by molar-refractivity contribution is 6.05. The van der Waals surface area contributed by atoms with E-state index in [-0.39, 0.29) is 5.69 Å². The van der Waals surface area contributed by atoms with Crippen LogP contribution in [0.2, 0.25) is 0 Å². The van der Waals surface area contributed by atoms with E-state index < -0.39 is 17.6 Å². The predicted molar refractivity (Wildman–Crippen MR) is 128 cm³/mol. The van der Waals surface area contributed by atoms with Gasteiger partial charge in [0.2, 0.25) is 5.91 Å². The molecule has 180 valence electrons. The van der Waals surface area contributed by atoms with E-state index in [1.165, 1.54) is 25.3 Å². The zero-order valence-corrected chi connectivity index (χ0v) is 19.2. The Balaban J connectivity index is 1.65. The number of furan rings is 1. The minimum absolute atomic E-state index is 0.254. The summed E-state index contributed by atoms with van der Waals surface area (Å²) in [5.74, 6) is 0.742. The number of fused-ring (bicyclic) bond motifs is 1. The average Bonchev–Trinajstić information content (AvgIpc) is 3.25. The van der Waals surface area contributed by atoms with E-state index in [0.717, 1.165) is 28.6 Å². The summed E-state index contributed by atoms with van der Waals surface area (Å²) in [7, 11) is 3.12. The lowest BCUT2D eigenvalue weighted by Gasteiger charge is -2.11. The van der Waals surface area contributed by atoms with Crippen molar-refractivity contribution < 1.29 is 31.9 Å². The summed E-state index contributed by atoms with van der Waals surface area (Å²) in [5.41, 5.74) is 3.12. The normalized spacial score (nSPS) is 12.0. The molecule has 0 fully saturated rings. The first kappa shape index (κ1) is 23.9. The number of halogens is 3. The van der Waals surface area contributed by atoms with E-state index in [1.54, 1.807) is 26.4 Å². The fourth-order valence-electron chi connectivity index (χ4n) is 3.74. The first-order valence-electron chi connectivity index (χ1n) is 10.6. The SMILES string of the molecule is COc1cccc(-c2coc3cc(OC)c(/C(C)=C/C(=O)Nc4ccc(C(F)(F)F)cc4)cc23)c1. The van der Waals surface area contributed by atoms with Gasteiger partial charge in [0, 0.05) is 34.3 Å². The number of benzene rings is 3. The van der Waals surface area contributed by atoms with Gasteiger partial charge in [-0.05, 0) is 60.5 Å². The topological polar surface area (TPSA) is 60.7 Å². The maximum absolute atomic E-state index is 12.8. The fraction of sp³-hybridized carbons (Fsp3) is 0.148. The molecule has 0 aliphatic rings. The van der Waals surface area contributed by atoms with Crippen LogP contribution in [0.3, 0.4) is 0 Å². The molecule has 0 spiro atoms. The van der Waals surface area contributed by atoms with Crippen LogP contribution in [-0.2, 0) is 11.0 Å². The molecule has 35 heavy (non-hydrogen) atoms. The number of hydrogen-bond acceptors (Lipinski definition) is 4. The van der Waals surface area contributed by atoms with Gasteiger partial charge in [-0.25, -0.2) is 0 Å². The number of ether oxygens (including phenoxy) is 2. The van der Waals surface area contributed by atoms with Gasteiger partial charge >= 0.3 is 6.18 Å². The van der Waals surface area contributed by atoms with Gasteiger partial charge in [0.1, 0.15) is 17.1 Å². The van der Waals surface area contributed by atoms with E-state index in [4.69, 9.17) is 13.9 Å². The van der Waals surface area contributed by atoms with Crippen LogP contribution < -0.4 is 14.8 Å². The lowest BCUT2D eigenvalue weighted by Crippen LogP contribution is -2.10. The molecule has 1 heterocycles. The smallest absolute Gasteiger partial charge is 0.416 e. The van der Waals surface area contributed by atoms with Crippen molar-refractivity contribution in [3.05, 3.63) is 84.1 Å². The van der Waals surface area contributed by atoms with Gasteiger partial charge in [-0.15, -0.1) is 0 Å². The first-order valence-corrected chi connectivity index (χ1v) is 10.6. The number of anilines is 1. The molecule has 1 N–H and O–H groups in total. The van der Waals surface area contributed by atoms with Crippen molar-refractivity contribution in [1.29, 1.82) is 0 Å². The van der Waals surface area contributed by atoms with Gasteiger partial charge < -0.3 is 19.2 Å². The monoisotopic (exact) mass is 481 g/mol. The predicted octanol–water partition coefficient (Wildman–Crippen LogP) is 7.18. The quantitative estimate of drug-likeness (QED) is 0.297. The summed E-state index contributed by atoms with van der Waals surface area (Å²) < 4.78 is 54.8. The summed E-state index contributed by atoms with van der Waals surface area (Å²) in [5, 5.41) is 3.41. The number of carbonyl (C=O) groups is 1. The molecule has 5 nitrogen and oxygen atoms in total. The highest BCUT2D eigenvalue weighted by Crippen LogP contribution is 2.38. The molecule has 1 amide bonds. The molecule has 4 rings (SSSR count). The second-order valence-electron chi connectivity index (χ2n) is 7.82. The van der Waals surface area contributed by atoms with Gasteiger partial charge in [-0.3, -0.25) is 4.79 Å². The molecule has 4 aromatic rings. The van der Waals surface area contributed by atoms with Gasteiger partial charge in [0.05, 0.1) is 26.0 Å². The molecule has 0 radical (unpaired) electrons. The van der Waals surface area contributed by atoms with Crippen LogP contribution in [0, 0.1) is 0 Å². The third kappa shape index (κ3) is 5.16. The third-order valence-corrected chi connectivity index (χ3v) is 5.53. The van der Waals surface area contributed by atoms with E-state index in [2.05, 4.69) is 5.32 Å². The summed E-state index contributed by atoms with van der Waals surface area (Å²) >= 11 is 0. The second-order valence-corrected chi connectivity index (χ2v) is 7.82. The number of allylic oxidation sites excluding steroid dienone is 1. The van der Waals surface area contributed by atoms with Crippen molar-refractivity contribution in [1.82, 2.24) is 0 Å². The zero-order chi connectivity index (χ0) is 25.2. The van der Waals surface area contributed by atoms with Crippen molar-refractivity contribution in [3.8, 4) is 22.6 Å². The van der Waals surface area contributed by atoms with Crippen LogP contribution in [0.25, 0.3) is 27.7 Å². The molecule has 0 aliphatic carbocycles. The van der Waals surface area contributed by atoms with Crippen LogP contribution in [0.4, 0.5) is 18.9 Å². The van der Waals surface area contributed by atoms with E-state index in [1.807, 2.05) is 30.3 Å². The summed E-state index contributed by atoms with van der Waals surface area (Å²) in [4.78, 5) is 12.6. The second kappa shape index (κ2) is 9.58. The Hall–Kier alpha value is -4.20. The molecular weight excluding hydrogens is 459 g/mol. The maximum Gasteiger partial charge on any atom is 0.416 e. The van der Waals surface area contributed by atoms with Crippen LogP contribution in [0.1, 0.15) is 18.1 Å². The van der Waals surface area contributed by atoms with Crippen molar-refractivity contribution in [3.63, 3.8) is 0 Å². The molecule has 0 saturated carbocycles. The van der Waals surface area contributed by atoms with Gasteiger partial charge in [0.15, 0.2) is 0 Å². The Labute approximate surface area is 199 Å². The molecule has 0 atom stereocenters. The van der Waals surface area contributed by atoms with E-state index >= 15 is 0 Å². The maximum atomic E-state index is 12.8. The Morgan fingerprint density at radius 1 is 1.00 bits per heavy atom. The molecule has 1 aromatic heterocycles. The van der Waals surface area contributed by atoms with Crippen molar-refractivity contribution >= 4 is 28.1 Å². The Morgan fingerprint density at radius 2 is 1.74 bits per heavy atom. The summed E-state index contributed by atoms with van der Waals surface area (Å²) in [6.45, 7) is 1.75. The number of methoxy groups -OCH3 is 2. The highest BCUT2D eigenvalue weighted by Gasteiger charge is 2.30. The molecule has 0 bridgehead atoms. The Morgan fingerprint density at radius 3 is 2.40 bits per heavy atom. The molecule has 3 aromatic carbocycles. The van der Waals surface area contributed by atoms with E-state index in [9.17, 15) is 18.0 Å². The molecule has 0 unspecified atom stereocenters. The van der Waals surface area contributed by atoms with Crippen molar-refractivity contribution in [2.45, 2.75) is 13.1 Å². The van der Waals surface area contributed by atoms with Crippen LogP contribution in [0.5, 0.6) is 11.5 Å². The van der Waals surface area contributed by atoms with Crippen LogP contribution in [0.15, 0.2) is 77.4 Å². The lowest BCUT2D eigenvalue weighted by molar-refractivity contribution is -0.137. The molecule has 0 saturated heterocycles. The number of carbonyl (C=O) groups excluding carboxylic acids is 1. The molecular formula is C27H22F3NO4. The summed E-state index contributed by atoms with van der Waals surface area (Å²) in [6.07, 6.45) is -1.42. The number of alkyl halides is 3. The lowest BCUT2D eigenvalue weighted by atomic mass is 9.99. The minimum Gasteiger partial charge on any atom is -0.497 e. The largest absolute Gasteiger partial charge is 0.497 e. The number of amides is 1. The van der Waals surface area contributed by atoms with Crippen molar-refractivity contribution in [2.24, 2.45) is 0 Å². The molecule has 0 aliphatic heterocycles. The Kier molecular flexibility index (Phi) is 6.55. The minimum atomic E-state index is -4.44. The van der Waals surface area contributed by atoms with Crippen LogP contribution in [-0.4, -0.2) is 20.1 Å². The highest BCUT2D eigenvalue weighted by atomic mass is 19.4. The molecule has 8 heteroatoms. The van der Waals surface area contributed by atoms with Crippen LogP contribution >= 0.6 is 0 Å². The van der Waals surface area contributed by atoms with Gasteiger partial charge in [0.25, 0.3) is 0 Å². The van der Waals surface area contributed by atoms with Crippen molar-refractivity contribution in [2.75, 3.05) is 19.5 Å². The standard InChI is InChI=1S/C27H22F3NO4/c1-16(11-26(32)31-19-9-7-18(8-10-19)27(28,29)30)21-13-22-23(15-35-25(22)14-24(21)34-3)17-5-4-6-20(12-17)33-2/h4-15H,1-3H3,(H,31,32)/b16-11+. The van der Waals surface area contributed by atoms with E-state index in [0.29, 0.717) is 28.2 Å². The average molecular weight is 481 g/mol. The number of rotatable bonds is 6. The number of nitrogens with one attached hydrogen (secondary N) is 1. The Bertz CT molecular complexity index is 1400. The zero-order valence-electron chi connectivity index (χ0n) is 19.2. The third-order valence-electron chi connectivity index (χ3n) is 5.53. The first-order chi connectivity index (χ1) is 16.7. The van der Waals surface area contributed by atoms with Gasteiger partial charge in [-0.2, -0.15) is 13.2 Å². The number of hydrogen-bond donors (Lipinski definition) is 1. The van der Waals surface area contributed by atoms with Gasteiger partial charge in [-0.1, -0.05) is 12.1 Å². The fourth-order valence-corrected chi connectivity index (χ4v) is 3.74.